The van der Waals surface area contributed by atoms with Gasteiger partial charge in [0.15, 0.2) is 14.4 Å². The van der Waals surface area contributed by atoms with Crippen molar-refractivity contribution in [1.82, 2.24) is 0 Å². The number of hydrogen-bond donors (Lipinski definition) is 0. The van der Waals surface area contributed by atoms with Crippen LogP contribution in [0.1, 0.15) is 20.3 Å². The molecule has 0 N–H and O–H groups in total. The minimum atomic E-state index is -2.02. The van der Waals surface area contributed by atoms with E-state index in [4.69, 9.17) is 13.9 Å². The number of ether oxygens (including phenoxy) is 2. The minimum absolute atomic E-state index is 0.244. The van der Waals surface area contributed by atoms with Crippen molar-refractivity contribution in [2.24, 2.45) is 5.92 Å². The molecule has 0 saturated heterocycles. The Morgan fingerprint density at radius 3 is 2.00 bits per heavy atom. The maximum atomic E-state index is 12.1. The van der Waals surface area contributed by atoms with Crippen molar-refractivity contribution in [2.75, 3.05) is 13.2 Å². The Morgan fingerprint density at radius 1 is 1.10 bits per heavy atom. The molecular formula is C14H26O5Si. The second-order valence-electron chi connectivity index (χ2n) is 5.29. The van der Waals surface area contributed by atoms with Crippen LogP contribution in [-0.4, -0.2) is 39.6 Å². The molecule has 0 saturated carbocycles. The average Bonchev–Trinajstić information content (AvgIpc) is 2.32. The van der Waals surface area contributed by atoms with Crippen molar-refractivity contribution in [3.05, 3.63) is 12.7 Å². The van der Waals surface area contributed by atoms with Gasteiger partial charge in [0.1, 0.15) is 0 Å². The summed E-state index contributed by atoms with van der Waals surface area (Å²) in [7, 11) is -2.02. The lowest BCUT2D eigenvalue weighted by Crippen LogP contribution is -2.45. The van der Waals surface area contributed by atoms with E-state index in [0.29, 0.717) is 6.42 Å². The van der Waals surface area contributed by atoms with E-state index < -0.39 is 32.3 Å². The Morgan fingerprint density at radius 2 is 1.60 bits per heavy atom. The molecule has 20 heavy (non-hydrogen) atoms. The fourth-order valence-electron chi connectivity index (χ4n) is 1.67. The molecule has 0 aromatic rings. The van der Waals surface area contributed by atoms with Gasteiger partial charge in [0.05, 0.1) is 19.1 Å². The van der Waals surface area contributed by atoms with Gasteiger partial charge in [-0.15, -0.1) is 6.58 Å². The van der Waals surface area contributed by atoms with Crippen LogP contribution >= 0.6 is 0 Å². The second-order valence-corrected chi connectivity index (χ2v) is 9.75. The molecule has 0 aliphatic heterocycles. The van der Waals surface area contributed by atoms with E-state index in [2.05, 4.69) is 6.58 Å². The summed E-state index contributed by atoms with van der Waals surface area (Å²) in [6.07, 6.45) is 0.965. The molecule has 0 amide bonds. The molecule has 0 heterocycles. The molecule has 5 nitrogen and oxygen atoms in total. The fraction of sp³-hybridized carbons (Fsp3) is 0.714. The summed E-state index contributed by atoms with van der Waals surface area (Å²) in [4.78, 5) is 24.1. The summed E-state index contributed by atoms with van der Waals surface area (Å²) < 4.78 is 15.9. The van der Waals surface area contributed by atoms with Gasteiger partial charge < -0.3 is 13.9 Å². The van der Waals surface area contributed by atoms with Crippen molar-refractivity contribution >= 4 is 20.3 Å². The smallest absolute Gasteiger partial charge is 0.334 e. The molecule has 0 unspecified atom stereocenters. The molecule has 0 radical (unpaired) electrons. The normalized spacial score (nSPS) is 14.2. The number of hydrogen-bond acceptors (Lipinski definition) is 5. The van der Waals surface area contributed by atoms with Gasteiger partial charge >= 0.3 is 11.9 Å². The molecule has 6 heteroatoms. The van der Waals surface area contributed by atoms with Gasteiger partial charge in [-0.25, -0.2) is 4.79 Å². The Hall–Kier alpha value is -1.14. The van der Waals surface area contributed by atoms with E-state index >= 15 is 0 Å². The molecule has 2 atom stereocenters. The lowest BCUT2D eigenvalue weighted by molar-refractivity contribution is -0.164. The van der Waals surface area contributed by atoms with Crippen molar-refractivity contribution < 1.29 is 23.5 Å². The second kappa shape index (κ2) is 8.92. The first-order chi connectivity index (χ1) is 9.26. The highest BCUT2D eigenvalue weighted by Gasteiger charge is 2.38. The molecule has 0 aliphatic rings. The lowest BCUT2D eigenvalue weighted by atomic mass is 9.99. The van der Waals surface area contributed by atoms with Gasteiger partial charge in [0.25, 0.3) is 0 Å². The van der Waals surface area contributed by atoms with E-state index in [9.17, 15) is 9.59 Å². The summed E-state index contributed by atoms with van der Waals surface area (Å²) in [5.74, 6) is -1.68. The molecular weight excluding hydrogens is 276 g/mol. The van der Waals surface area contributed by atoms with Crippen LogP contribution in [0.2, 0.25) is 19.6 Å². The third-order valence-corrected chi connectivity index (χ3v) is 3.34. The Bertz CT molecular complexity index is 335. The van der Waals surface area contributed by atoms with Crippen LogP contribution in [0.3, 0.4) is 0 Å². The predicted octanol–water partition coefficient (Wildman–Crippen LogP) is 2.53. The number of rotatable bonds is 9. The van der Waals surface area contributed by atoms with Gasteiger partial charge in [-0.3, -0.25) is 4.79 Å². The van der Waals surface area contributed by atoms with Crippen LogP contribution in [-0.2, 0) is 23.5 Å². The van der Waals surface area contributed by atoms with Crippen LogP contribution in [0.25, 0.3) is 0 Å². The largest absolute Gasteiger partial charge is 0.466 e. The van der Waals surface area contributed by atoms with Crippen LogP contribution in [0.4, 0.5) is 0 Å². The van der Waals surface area contributed by atoms with Crippen molar-refractivity contribution in [1.29, 1.82) is 0 Å². The zero-order chi connectivity index (χ0) is 15.8. The van der Waals surface area contributed by atoms with Crippen molar-refractivity contribution in [3.8, 4) is 0 Å². The number of allylic oxidation sites excluding steroid dienone is 1. The minimum Gasteiger partial charge on any atom is -0.466 e. The quantitative estimate of drug-likeness (QED) is 0.372. The zero-order valence-corrected chi connectivity index (χ0v) is 14.1. The van der Waals surface area contributed by atoms with Gasteiger partial charge in [-0.2, -0.15) is 0 Å². The van der Waals surface area contributed by atoms with E-state index in [0.717, 1.165) is 0 Å². The van der Waals surface area contributed by atoms with Crippen LogP contribution in [0.15, 0.2) is 12.7 Å². The molecule has 0 bridgehead atoms. The summed E-state index contributed by atoms with van der Waals surface area (Å²) in [5.41, 5.74) is 0. The maximum Gasteiger partial charge on any atom is 0.334 e. The number of esters is 2. The summed E-state index contributed by atoms with van der Waals surface area (Å²) in [6, 6.07) is 0. The highest BCUT2D eigenvalue weighted by atomic mass is 28.4. The van der Waals surface area contributed by atoms with Crippen molar-refractivity contribution in [2.45, 2.75) is 46.0 Å². The molecule has 0 aliphatic carbocycles. The maximum absolute atomic E-state index is 12.1. The van der Waals surface area contributed by atoms with Gasteiger partial charge in [0.2, 0.25) is 0 Å². The monoisotopic (exact) mass is 302 g/mol. The van der Waals surface area contributed by atoms with Gasteiger partial charge in [-0.05, 0) is 39.9 Å². The standard InChI is InChI=1S/C14H26O5Si/c1-7-10-11(13(15)17-8-2)12(14(16)18-9-3)19-20(4,5)6/h7,11-12H,1,8-10H2,2-6H3/t11-,12-/m1/s1. The molecule has 0 rings (SSSR count). The highest BCUT2D eigenvalue weighted by molar-refractivity contribution is 6.69. The lowest BCUT2D eigenvalue weighted by Gasteiger charge is -2.29. The SMILES string of the molecule is C=CC[C@@H](C(=O)OCC)[C@@H](O[Si](C)(C)C)C(=O)OCC. The van der Waals surface area contributed by atoms with E-state index in [1.54, 1.807) is 19.9 Å². The average molecular weight is 302 g/mol. The van der Waals surface area contributed by atoms with E-state index in [1.807, 2.05) is 19.6 Å². The van der Waals surface area contributed by atoms with Gasteiger partial charge in [-0.1, -0.05) is 6.08 Å². The first-order valence-electron chi connectivity index (χ1n) is 6.88. The highest BCUT2D eigenvalue weighted by Crippen LogP contribution is 2.21. The first-order valence-corrected chi connectivity index (χ1v) is 10.3. The van der Waals surface area contributed by atoms with Gasteiger partial charge in [0, 0.05) is 0 Å². The first kappa shape index (κ1) is 18.9. The molecule has 0 aromatic heterocycles. The fourth-order valence-corrected chi connectivity index (χ4v) is 2.69. The number of carbonyl (C=O) groups excluding carboxylic acids is 2. The topological polar surface area (TPSA) is 61.8 Å². The van der Waals surface area contributed by atoms with Crippen LogP contribution in [0, 0.1) is 5.92 Å². The summed E-state index contributed by atoms with van der Waals surface area (Å²) >= 11 is 0. The predicted molar refractivity (Wildman–Crippen MR) is 79.8 cm³/mol. The molecule has 0 spiro atoms. The Balaban J connectivity index is 5.23. The zero-order valence-electron chi connectivity index (χ0n) is 13.1. The Labute approximate surface area is 122 Å². The van der Waals surface area contributed by atoms with Crippen LogP contribution < -0.4 is 0 Å². The van der Waals surface area contributed by atoms with Crippen molar-refractivity contribution in [3.63, 3.8) is 0 Å². The third kappa shape index (κ3) is 6.86. The molecule has 0 aromatic carbocycles. The summed E-state index contributed by atoms with van der Waals surface area (Å²) in [5, 5.41) is 0. The Kier molecular flexibility index (Phi) is 8.41. The van der Waals surface area contributed by atoms with E-state index in [1.165, 1.54) is 0 Å². The third-order valence-electron chi connectivity index (χ3n) is 2.37. The molecule has 0 fully saturated rings. The molecule has 116 valence electrons. The van der Waals surface area contributed by atoms with E-state index in [-0.39, 0.29) is 13.2 Å². The summed E-state index contributed by atoms with van der Waals surface area (Å²) in [6.45, 7) is 13.4. The van der Waals surface area contributed by atoms with Crippen LogP contribution in [0.5, 0.6) is 0 Å². The number of carbonyl (C=O) groups is 2.